The lowest BCUT2D eigenvalue weighted by Crippen LogP contribution is -2.08. The van der Waals surface area contributed by atoms with Crippen LogP contribution in [0.1, 0.15) is 6.92 Å². The van der Waals surface area contributed by atoms with Gasteiger partial charge in [0.05, 0.1) is 17.8 Å². The first-order valence-electron chi connectivity index (χ1n) is 5.39. The minimum atomic E-state index is -0.252. The SMILES string of the molecule is COc1ccc(Cl)c(-c2cc(N)on2)c1NC(C)=O. The van der Waals surface area contributed by atoms with Crippen molar-refractivity contribution in [2.75, 3.05) is 18.2 Å². The summed E-state index contributed by atoms with van der Waals surface area (Å²) >= 11 is 6.16. The molecule has 0 aliphatic heterocycles. The number of benzene rings is 1. The first kappa shape index (κ1) is 13.2. The van der Waals surface area contributed by atoms with E-state index in [1.165, 1.54) is 20.1 Å². The molecule has 0 spiro atoms. The topological polar surface area (TPSA) is 90.4 Å². The number of nitrogens with two attached hydrogens (primary N) is 1. The number of nitrogens with zero attached hydrogens (tertiary/aromatic N) is 1. The quantitative estimate of drug-likeness (QED) is 0.902. The van der Waals surface area contributed by atoms with Crippen molar-refractivity contribution in [1.29, 1.82) is 0 Å². The summed E-state index contributed by atoms with van der Waals surface area (Å²) in [6.07, 6.45) is 0. The second kappa shape index (κ2) is 5.19. The molecule has 0 saturated heterocycles. The molecule has 2 aromatic rings. The summed E-state index contributed by atoms with van der Waals surface area (Å²) in [6.45, 7) is 1.39. The van der Waals surface area contributed by atoms with Gasteiger partial charge in [-0.25, -0.2) is 0 Å². The van der Waals surface area contributed by atoms with E-state index in [1.54, 1.807) is 12.1 Å². The van der Waals surface area contributed by atoms with Crippen LogP contribution in [0.2, 0.25) is 5.02 Å². The van der Waals surface area contributed by atoms with Crippen LogP contribution >= 0.6 is 11.6 Å². The van der Waals surface area contributed by atoms with Crippen molar-refractivity contribution in [3.63, 3.8) is 0 Å². The number of aromatic nitrogens is 1. The molecule has 7 heteroatoms. The normalized spacial score (nSPS) is 10.3. The van der Waals surface area contributed by atoms with E-state index >= 15 is 0 Å². The van der Waals surface area contributed by atoms with Crippen molar-refractivity contribution >= 4 is 29.1 Å². The van der Waals surface area contributed by atoms with E-state index in [0.29, 0.717) is 27.7 Å². The first-order valence-corrected chi connectivity index (χ1v) is 5.77. The maximum absolute atomic E-state index is 11.3. The van der Waals surface area contributed by atoms with E-state index in [-0.39, 0.29) is 11.8 Å². The van der Waals surface area contributed by atoms with Crippen molar-refractivity contribution in [2.45, 2.75) is 6.92 Å². The summed E-state index contributed by atoms with van der Waals surface area (Å²) in [5.74, 6) is 0.372. The average Bonchev–Trinajstić information content (AvgIpc) is 2.75. The summed E-state index contributed by atoms with van der Waals surface area (Å²) < 4.78 is 10.0. The monoisotopic (exact) mass is 281 g/mol. The van der Waals surface area contributed by atoms with Crippen molar-refractivity contribution in [2.24, 2.45) is 0 Å². The van der Waals surface area contributed by atoms with E-state index < -0.39 is 0 Å². The lowest BCUT2D eigenvalue weighted by molar-refractivity contribution is -0.114. The molecule has 0 saturated carbocycles. The highest BCUT2D eigenvalue weighted by Crippen LogP contribution is 2.41. The average molecular weight is 282 g/mol. The zero-order chi connectivity index (χ0) is 14.0. The highest BCUT2D eigenvalue weighted by Gasteiger charge is 2.19. The number of carbonyl (C=O) groups excluding carboxylic acids is 1. The van der Waals surface area contributed by atoms with Crippen molar-refractivity contribution < 1.29 is 14.1 Å². The number of methoxy groups -OCH3 is 1. The fourth-order valence-corrected chi connectivity index (χ4v) is 1.94. The largest absolute Gasteiger partial charge is 0.495 e. The van der Waals surface area contributed by atoms with Crippen molar-refractivity contribution in [1.82, 2.24) is 5.16 Å². The van der Waals surface area contributed by atoms with Crippen LogP contribution in [0.25, 0.3) is 11.3 Å². The van der Waals surface area contributed by atoms with Crippen LogP contribution in [0.3, 0.4) is 0 Å². The summed E-state index contributed by atoms with van der Waals surface area (Å²) in [5.41, 5.74) is 6.84. The minimum absolute atomic E-state index is 0.155. The molecule has 0 unspecified atom stereocenters. The van der Waals surface area contributed by atoms with Gasteiger partial charge in [0.2, 0.25) is 11.8 Å². The first-order chi connectivity index (χ1) is 9.02. The van der Waals surface area contributed by atoms with E-state index in [1.807, 2.05) is 0 Å². The molecule has 0 aliphatic carbocycles. The number of nitrogens with one attached hydrogen (secondary N) is 1. The Balaban J connectivity index is 2.65. The van der Waals surface area contributed by atoms with Gasteiger partial charge >= 0.3 is 0 Å². The lowest BCUT2D eigenvalue weighted by atomic mass is 10.1. The number of ether oxygens (including phenoxy) is 1. The molecule has 0 atom stereocenters. The van der Waals surface area contributed by atoms with E-state index in [4.69, 9.17) is 26.6 Å². The summed E-state index contributed by atoms with van der Waals surface area (Å²) in [7, 11) is 1.50. The Labute approximate surface area is 114 Å². The molecule has 0 aliphatic rings. The second-order valence-electron chi connectivity index (χ2n) is 3.80. The van der Waals surface area contributed by atoms with Crippen LogP contribution in [-0.4, -0.2) is 18.2 Å². The number of hydrogen-bond acceptors (Lipinski definition) is 5. The van der Waals surface area contributed by atoms with Crippen LogP contribution in [-0.2, 0) is 4.79 Å². The van der Waals surface area contributed by atoms with Crippen LogP contribution in [0.4, 0.5) is 11.6 Å². The fraction of sp³-hybridized carbons (Fsp3) is 0.167. The Morgan fingerprint density at radius 2 is 2.26 bits per heavy atom. The van der Waals surface area contributed by atoms with Gasteiger partial charge in [0, 0.05) is 18.6 Å². The molecular weight excluding hydrogens is 270 g/mol. The molecule has 1 aromatic carbocycles. The maximum atomic E-state index is 11.3. The standard InChI is InChI=1S/C12H12ClN3O3/c1-6(17)15-12-9(18-2)4-3-7(13)11(12)8-5-10(14)19-16-8/h3-5H,14H2,1-2H3,(H,15,17). The molecule has 1 heterocycles. The Kier molecular flexibility index (Phi) is 3.62. The molecule has 1 amide bonds. The third kappa shape index (κ3) is 2.63. The molecule has 19 heavy (non-hydrogen) atoms. The summed E-state index contributed by atoms with van der Waals surface area (Å²) in [5, 5.41) is 6.87. The molecule has 1 aromatic heterocycles. The third-order valence-corrected chi connectivity index (χ3v) is 2.74. The van der Waals surface area contributed by atoms with Crippen molar-refractivity contribution in [3.05, 3.63) is 23.2 Å². The number of rotatable bonds is 3. The smallest absolute Gasteiger partial charge is 0.222 e. The van der Waals surface area contributed by atoms with Gasteiger partial charge in [0.1, 0.15) is 11.4 Å². The van der Waals surface area contributed by atoms with Gasteiger partial charge in [-0.3, -0.25) is 4.79 Å². The number of nitrogen functional groups attached to an aromatic ring is 1. The maximum Gasteiger partial charge on any atom is 0.222 e. The third-order valence-electron chi connectivity index (χ3n) is 2.42. The fourth-order valence-electron chi connectivity index (χ4n) is 1.69. The van der Waals surface area contributed by atoms with E-state index in [2.05, 4.69) is 10.5 Å². The number of amides is 1. The van der Waals surface area contributed by atoms with E-state index in [9.17, 15) is 4.79 Å². The zero-order valence-electron chi connectivity index (χ0n) is 10.4. The van der Waals surface area contributed by atoms with Crippen molar-refractivity contribution in [3.8, 4) is 17.0 Å². The number of carbonyl (C=O) groups is 1. The van der Waals surface area contributed by atoms with E-state index in [0.717, 1.165) is 0 Å². The Bertz CT molecular complexity index is 625. The Morgan fingerprint density at radius 1 is 1.53 bits per heavy atom. The molecule has 2 rings (SSSR count). The predicted molar refractivity (Wildman–Crippen MR) is 72.2 cm³/mol. The van der Waals surface area contributed by atoms with Gasteiger partial charge in [-0.15, -0.1) is 0 Å². The minimum Gasteiger partial charge on any atom is -0.495 e. The Morgan fingerprint density at radius 3 is 2.79 bits per heavy atom. The number of anilines is 2. The van der Waals surface area contributed by atoms with Gasteiger partial charge in [-0.2, -0.15) is 0 Å². The van der Waals surface area contributed by atoms with Gasteiger partial charge in [-0.1, -0.05) is 16.8 Å². The summed E-state index contributed by atoms with van der Waals surface area (Å²) in [6, 6.07) is 4.82. The Hall–Kier alpha value is -2.21. The van der Waals surface area contributed by atoms with Gasteiger partial charge in [0.25, 0.3) is 0 Å². The van der Waals surface area contributed by atoms with Gasteiger partial charge < -0.3 is 20.3 Å². The highest BCUT2D eigenvalue weighted by atomic mass is 35.5. The highest BCUT2D eigenvalue weighted by molar-refractivity contribution is 6.34. The van der Waals surface area contributed by atoms with Gasteiger partial charge in [-0.05, 0) is 12.1 Å². The second-order valence-corrected chi connectivity index (χ2v) is 4.20. The number of hydrogen-bond donors (Lipinski definition) is 2. The van der Waals surface area contributed by atoms with Crippen LogP contribution in [0, 0.1) is 0 Å². The zero-order valence-corrected chi connectivity index (χ0v) is 11.1. The molecule has 6 nitrogen and oxygen atoms in total. The molecule has 0 radical (unpaired) electrons. The number of halogens is 1. The van der Waals surface area contributed by atoms with Crippen LogP contribution in [0.15, 0.2) is 22.7 Å². The molecular formula is C12H12ClN3O3. The lowest BCUT2D eigenvalue weighted by Gasteiger charge is -2.14. The summed E-state index contributed by atoms with van der Waals surface area (Å²) in [4.78, 5) is 11.3. The molecule has 0 bridgehead atoms. The molecule has 3 N–H and O–H groups in total. The predicted octanol–water partition coefficient (Wildman–Crippen LogP) is 2.54. The van der Waals surface area contributed by atoms with Crippen LogP contribution < -0.4 is 15.8 Å². The van der Waals surface area contributed by atoms with Crippen LogP contribution in [0.5, 0.6) is 5.75 Å². The van der Waals surface area contributed by atoms with Gasteiger partial charge in [0.15, 0.2) is 0 Å². The molecule has 0 fully saturated rings. The molecule has 100 valence electrons.